The molecular weight excluding hydrogens is 364 g/mol. The Bertz CT molecular complexity index is 762. The van der Waals surface area contributed by atoms with Gasteiger partial charge in [-0.1, -0.05) is 18.2 Å². The molecule has 3 amide bonds. The molecule has 144 valence electrons. The number of rotatable bonds is 7. The summed E-state index contributed by atoms with van der Waals surface area (Å²) in [5.41, 5.74) is 1.70. The van der Waals surface area contributed by atoms with Crippen molar-refractivity contribution in [1.29, 1.82) is 0 Å². The number of urea groups is 1. The number of nitrogens with zero attached hydrogens (tertiary/aromatic N) is 2. The van der Waals surface area contributed by atoms with Crippen LogP contribution in [0, 0.1) is 0 Å². The zero-order valence-corrected chi connectivity index (χ0v) is 16.3. The summed E-state index contributed by atoms with van der Waals surface area (Å²) in [6.07, 6.45) is -0.280. The van der Waals surface area contributed by atoms with Gasteiger partial charge in [0, 0.05) is 23.7 Å². The van der Waals surface area contributed by atoms with Crippen LogP contribution in [0.15, 0.2) is 41.8 Å². The van der Waals surface area contributed by atoms with Gasteiger partial charge in [0.15, 0.2) is 0 Å². The zero-order valence-electron chi connectivity index (χ0n) is 15.5. The van der Waals surface area contributed by atoms with E-state index in [-0.39, 0.29) is 18.2 Å². The number of hydrogen-bond donors (Lipinski definition) is 2. The number of carbonyl (C=O) groups is 2. The quantitative estimate of drug-likeness (QED) is 0.764. The molecule has 1 aromatic carbocycles. The fraction of sp³-hybridized carbons (Fsp3) is 0.368. The van der Waals surface area contributed by atoms with E-state index in [2.05, 4.69) is 21.6 Å². The minimum absolute atomic E-state index is 0.137. The second-order valence-corrected chi connectivity index (χ2v) is 7.54. The monoisotopic (exact) mass is 388 g/mol. The summed E-state index contributed by atoms with van der Waals surface area (Å²) in [4.78, 5) is 28.7. The van der Waals surface area contributed by atoms with E-state index in [9.17, 15) is 9.59 Å². The Balaban J connectivity index is 1.49. The predicted octanol–water partition coefficient (Wildman–Crippen LogP) is 3.12. The SMILES string of the molecule is CN(C)C(CNC(=O)Nc1ccc(CN2CCOC2=O)cc1)c1cccs1. The van der Waals surface area contributed by atoms with E-state index >= 15 is 0 Å². The number of ether oxygens (including phenoxy) is 1. The molecule has 1 atom stereocenters. The van der Waals surface area contributed by atoms with Crippen LogP contribution < -0.4 is 10.6 Å². The molecule has 3 rings (SSSR count). The van der Waals surface area contributed by atoms with Crippen molar-refractivity contribution in [2.75, 3.05) is 39.1 Å². The summed E-state index contributed by atoms with van der Waals surface area (Å²) in [5.74, 6) is 0. The van der Waals surface area contributed by atoms with Crippen molar-refractivity contribution in [3.05, 3.63) is 52.2 Å². The van der Waals surface area contributed by atoms with Gasteiger partial charge in [-0.3, -0.25) is 0 Å². The van der Waals surface area contributed by atoms with Crippen molar-refractivity contribution in [3.8, 4) is 0 Å². The Labute approximate surface area is 162 Å². The number of likely N-dealkylation sites (N-methyl/N-ethyl adjacent to an activating group) is 1. The molecule has 27 heavy (non-hydrogen) atoms. The van der Waals surface area contributed by atoms with E-state index in [1.165, 1.54) is 4.88 Å². The molecule has 0 radical (unpaired) electrons. The predicted molar refractivity (Wildman–Crippen MR) is 106 cm³/mol. The van der Waals surface area contributed by atoms with Crippen LogP contribution in [-0.2, 0) is 11.3 Å². The number of benzene rings is 1. The zero-order chi connectivity index (χ0) is 19.2. The van der Waals surface area contributed by atoms with Crippen molar-refractivity contribution in [1.82, 2.24) is 15.1 Å². The molecular formula is C19H24N4O3S. The van der Waals surface area contributed by atoms with Crippen molar-refractivity contribution >= 4 is 29.1 Å². The molecule has 2 N–H and O–H groups in total. The molecule has 0 bridgehead atoms. The molecule has 1 saturated heterocycles. The van der Waals surface area contributed by atoms with Crippen LogP contribution in [0.2, 0.25) is 0 Å². The van der Waals surface area contributed by atoms with Crippen molar-refractivity contribution < 1.29 is 14.3 Å². The molecule has 0 aliphatic carbocycles. The Morgan fingerprint density at radius 1 is 1.30 bits per heavy atom. The largest absolute Gasteiger partial charge is 0.448 e. The first-order chi connectivity index (χ1) is 13.0. The maximum absolute atomic E-state index is 12.2. The summed E-state index contributed by atoms with van der Waals surface area (Å²) in [5, 5.41) is 7.80. The van der Waals surface area contributed by atoms with Crippen LogP contribution in [0.3, 0.4) is 0 Å². The van der Waals surface area contributed by atoms with Gasteiger partial charge in [-0.15, -0.1) is 11.3 Å². The summed E-state index contributed by atoms with van der Waals surface area (Å²) < 4.78 is 4.92. The second kappa shape index (κ2) is 8.88. The van der Waals surface area contributed by atoms with Gasteiger partial charge in [0.1, 0.15) is 6.61 Å². The second-order valence-electron chi connectivity index (χ2n) is 6.56. The molecule has 2 heterocycles. The highest BCUT2D eigenvalue weighted by Gasteiger charge is 2.21. The number of thiophene rings is 1. The van der Waals surface area contributed by atoms with Gasteiger partial charge in [-0.2, -0.15) is 0 Å². The first-order valence-corrected chi connectivity index (χ1v) is 9.66. The molecule has 0 saturated carbocycles. The van der Waals surface area contributed by atoms with Crippen LogP contribution in [0.4, 0.5) is 15.3 Å². The van der Waals surface area contributed by atoms with E-state index in [1.807, 2.05) is 49.8 Å². The van der Waals surface area contributed by atoms with Crippen molar-refractivity contribution in [2.45, 2.75) is 12.6 Å². The van der Waals surface area contributed by atoms with E-state index in [0.29, 0.717) is 31.9 Å². The Hall–Kier alpha value is -2.58. The number of hydrogen-bond acceptors (Lipinski definition) is 5. The van der Waals surface area contributed by atoms with Gasteiger partial charge in [-0.05, 0) is 43.2 Å². The molecule has 1 aliphatic rings. The Kier molecular flexibility index (Phi) is 6.31. The van der Waals surface area contributed by atoms with E-state index < -0.39 is 0 Å². The number of nitrogens with one attached hydrogen (secondary N) is 2. The summed E-state index contributed by atoms with van der Waals surface area (Å²) in [6.45, 7) is 2.09. The average molecular weight is 388 g/mol. The number of carbonyl (C=O) groups excluding carboxylic acids is 2. The van der Waals surface area contributed by atoms with Gasteiger partial charge >= 0.3 is 12.1 Å². The highest BCUT2D eigenvalue weighted by atomic mass is 32.1. The molecule has 7 nitrogen and oxygen atoms in total. The van der Waals surface area contributed by atoms with Gasteiger partial charge in [0.2, 0.25) is 0 Å². The lowest BCUT2D eigenvalue weighted by Crippen LogP contribution is -2.36. The van der Waals surface area contributed by atoms with Gasteiger partial charge in [-0.25, -0.2) is 9.59 Å². The molecule has 0 spiro atoms. The summed E-state index contributed by atoms with van der Waals surface area (Å²) in [7, 11) is 4.00. The highest BCUT2D eigenvalue weighted by molar-refractivity contribution is 7.10. The number of amides is 3. The van der Waals surface area contributed by atoms with E-state index in [4.69, 9.17) is 4.74 Å². The smallest absolute Gasteiger partial charge is 0.410 e. The van der Waals surface area contributed by atoms with Crippen LogP contribution >= 0.6 is 11.3 Å². The third-order valence-electron chi connectivity index (χ3n) is 4.38. The molecule has 2 aromatic rings. The molecule has 1 unspecified atom stereocenters. The topological polar surface area (TPSA) is 73.9 Å². The standard InChI is InChI=1S/C19H24N4O3S/c1-22(2)16(17-4-3-11-27-17)12-20-18(24)21-15-7-5-14(6-8-15)13-23-9-10-26-19(23)25/h3-8,11,16H,9-10,12-13H2,1-2H3,(H2,20,21,24). The van der Waals surface area contributed by atoms with Crippen molar-refractivity contribution in [2.24, 2.45) is 0 Å². The Morgan fingerprint density at radius 3 is 2.67 bits per heavy atom. The Morgan fingerprint density at radius 2 is 2.07 bits per heavy atom. The van der Waals surface area contributed by atoms with E-state index in [0.717, 1.165) is 5.56 Å². The van der Waals surface area contributed by atoms with Crippen LogP contribution in [0.25, 0.3) is 0 Å². The van der Waals surface area contributed by atoms with Crippen molar-refractivity contribution in [3.63, 3.8) is 0 Å². The molecule has 8 heteroatoms. The van der Waals surface area contributed by atoms with Crippen LogP contribution in [0.1, 0.15) is 16.5 Å². The molecule has 1 aliphatic heterocycles. The lowest BCUT2D eigenvalue weighted by molar-refractivity contribution is 0.157. The molecule has 1 aromatic heterocycles. The average Bonchev–Trinajstić information content (AvgIpc) is 3.29. The maximum Gasteiger partial charge on any atom is 0.410 e. The number of cyclic esters (lactones) is 1. The van der Waals surface area contributed by atoms with Gasteiger partial charge in [0.25, 0.3) is 0 Å². The highest BCUT2D eigenvalue weighted by Crippen LogP contribution is 2.22. The van der Waals surface area contributed by atoms with E-state index in [1.54, 1.807) is 16.2 Å². The van der Waals surface area contributed by atoms with Gasteiger partial charge in [0.05, 0.1) is 12.6 Å². The maximum atomic E-state index is 12.2. The normalized spacial score (nSPS) is 14.9. The minimum Gasteiger partial charge on any atom is -0.448 e. The lowest BCUT2D eigenvalue weighted by Gasteiger charge is -2.23. The fourth-order valence-electron chi connectivity index (χ4n) is 2.87. The third-order valence-corrected chi connectivity index (χ3v) is 5.35. The summed E-state index contributed by atoms with van der Waals surface area (Å²) >= 11 is 1.68. The minimum atomic E-state index is -0.280. The molecule has 1 fully saturated rings. The first kappa shape index (κ1) is 19.2. The van der Waals surface area contributed by atoms with Crippen LogP contribution in [-0.4, -0.2) is 55.7 Å². The lowest BCUT2D eigenvalue weighted by atomic mass is 10.2. The van der Waals surface area contributed by atoms with Gasteiger partial charge < -0.3 is 25.2 Å². The third kappa shape index (κ3) is 5.21. The summed E-state index contributed by atoms with van der Waals surface area (Å²) in [6, 6.07) is 11.4. The fourth-order valence-corrected chi connectivity index (χ4v) is 3.79. The number of anilines is 1. The van der Waals surface area contributed by atoms with Crippen LogP contribution in [0.5, 0.6) is 0 Å². The first-order valence-electron chi connectivity index (χ1n) is 8.78.